The number of aromatic nitrogens is 1. The van der Waals surface area contributed by atoms with Gasteiger partial charge < -0.3 is 19.7 Å². The van der Waals surface area contributed by atoms with Gasteiger partial charge in [-0.2, -0.15) is 0 Å². The second-order valence-electron chi connectivity index (χ2n) is 11.5. The lowest BCUT2D eigenvalue weighted by atomic mass is 9.94. The van der Waals surface area contributed by atoms with Crippen molar-refractivity contribution in [3.63, 3.8) is 0 Å². The van der Waals surface area contributed by atoms with Gasteiger partial charge in [0.1, 0.15) is 0 Å². The van der Waals surface area contributed by atoms with Gasteiger partial charge in [-0.1, -0.05) is 49.0 Å². The fraction of sp³-hybridized carbons (Fsp3) is 0.457. The number of nitrogens with one attached hydrogen (secondary N) is 1. The summed E-state index contributed by atoms with van der Waals surface area (Å²) in [6.45, 7) is 9.57. The quantitative estimate of drug-likeness (QED) is 0.201. The van der Waals surface area contributed by atoms with E-state index in [4.69, 9.17) is 9.47 Å². The molecule has 2 fully saturated rings. The number of piperidine rings is 1. The van der Waals surface area contributed by atoms with Crippen LogP contribution in [0.25, 0.3) is 0 Å². The summed E-state index contributed by atoms with van der Waals surface area (Å²) in [7, 11) is 0. The molecule has 0 spiro atoms. The first kappa shape index (κ1) is 29.1. The fourth-order valence-corrected chi connectivity index (χ4v) is 5.91. The Balaban J connectivity index is 1.20. The van der Waals surface area contributed by atoms with Crippen molar-refractivity contribution in [2.75, 3.05) is 44.4 Å². The Bertz CT molecular complexity index is 1240. The molecule has 6 heteroatoms. The zero-order valence-electron chi connectivity index (χ0n) is 24.3. The lowest BCUT2D eigenvalue weighted by Gasteiger charge is -2.35. The number of hydrogen-bond donors (Lipinski definition) is 1. The minimum absolute atomic E-state index is 0.0113. The largest absolute Gasteiger partial charge is 0.477 e. The molecule has 1 saturated heterocycles. The number of nitrogens with zero attached hydrogens (tertiary/aromatic N) is 2. The van der Waals surface area contributed by atoms with Crippen molar-refractivity contribution in [2.24, 2.45) is 11.8 Å². The molecule has 2 aromatic carbocycles. The van der Waals surface area contributed by atoms with Gasteiger partial charge in [0.15, 0.2) is 0 Å². The maximum Gasteiger partial charge on any atom is 0.213 e. The highest BCUT2D eigenvalue weighted by atomic mass is 19.1. The predicted octanol–water partition coefficient (Wildman–Crippen LogP) is 7.18. The normalized spacial score (nSPS) is 17.2. The Labute approximate surface area is 244 Å². The lowest BCUT2D eigenvalue weighted by Crippen LogP contribution is -2.36. The molecule has 2 heterocycles. The summed E-state index contributed by atoms with van der Waals surface area (Å²) in [6, 6.07) is 21.2. The molecule has 2 unspecified atom stereocenters. The van der Waals surface area contributed by atoms with Crippen LogP contribution in [0.3, 0.4) is 0 Å². The number of benzene rings is 2. The monoisotopic (exact) mass is 557 g/mol. The van der Waals surface area contributed by atoms with Gasteiger partial charge in [0.2, 0.25) is 5.88 Å². The molecule has 1 aliphatic heterocycles. The van der Waals surface area contributed by atoms with Crippen LogP contribution in [0.15, 0.2) is 79.6 Å². The van der Waals surface area contributed by atoms with Crippen molar-refractivity contribution < 1.29 is 13.9 Å². The molecule has 5 nitrogen and oxygen atoms in total. The summed E-state index contributed by atoms with van der Waals surface area (Å²) >= 11 is 0. The highest BCUT2D eigenvalue weighted by Crippen LogP contribution is 2.43. The zero-order chi connectivity index (χ0) is 28.4. The van der Waals surface area contributed by atoms with Crippen LogP contribution in [0.1, 0.15) is 60.0 Å². The molecule has 1 aromatic heterocycles. The number of ether oxygens (including phenoxy) is 2. The maximum atomic E-state index is 13.6. The number of rotatable bonds is 15. The topological polar surface area (TPSA) is 46.6 Å². The maximum absolute atomic E-state index is 13.6. The summed E-state index contributed by atoms with van der Waals surface area (Å²) in [5.41, 5.74) is 6.11. The van der Waals surface area contributed by atoms with E-state index in [1.165, 1.54) is 22.4 Å². The van der Waals surface area contributed by atoms with Crippen LogP contribution >= 0.6 is 0 Å². The number of pyridine rings is 1. The van der Waals surface area contributed by atoms with E-state index in [2.05, 4.69) is 71.2 Å². The molecule has 1 saturated carbocycles. The Morgan fingerprint density at radius 1 is 1.05 bits per heavy atom. The van der Waals surface area contributed by atoms with Crippen LogP contribution in [0, 0.1) is 18.8 Å². The standard InChI is InChI=1S/C35H44FN3O2/c1-3-37-17-20-40-34(29-7-5-4-6-8-29)22-31-10-9-26(2)21-33(31)39-18-14-27(15-19-39)25-41-35-23-30(13-16-38-35)32(24-36)28-11-12-28/h3-10,13,16,21,23,27-28,32,34,37H,1,11-12,14-15,17-20,22,24-25H2,2H3. The van der Waals surface area contributed by atoms with Crippen molar-refractivity contribution in [3.05, 3.63) is 102 Å². The first-order chi connectivity index (χ1) is 20.1. The van der Waals surface area contributed by atoms with Gasteiger partial charge >= 0.3 is 0 Å². The number of hydrogen-bond acceptors (Lipinski definition) is 5. The third-order valence-corrected chi connectivity index (χ3v) is 8.49. The molecule has 2 atom stereocenters. The minimum Gasteiger partial charge on any atom is -0.477 e. The number of alkyl halides is 1. The van der Waals surface area contributed by atoms with Gasteiger partial charge in [-0.05, 0) is 85.0 Å². The van der Waals surface area contributed by atoms with Crippen molar-refractivity contribution in [2.45, 2.75) is 51.0 Å². The van der Waals surface area contributed by atoms with E-state index in [-0.39, 0.29) is 18.7 Å². The van der Waals surface area contributed by atoms with Crippen LogP contribution in [-0.2, 0) is 11.2 Å². The number of anilines is 1. The van der Waals surface area contributed by atoms with E-state index in [1.54, 1.807) is 12.4 Å². The molecule has 3 aromatic rings. The van der Waals surface area contributed by atoms with Gasteiger partial charge in [-0.15, -0.1) is 0 Å². The van der Waals surface area contributed by atoms with Gasteiger partial charge in [0, 0.05) is 49.9 Å². The molecule has 5 rings (SSSR count). The lowest BCUT2D eigenvalue weighted by molar-refractivity contribution is 0.0562. The second-order valence-corrected chi connectivity index (χ2v) is 11.5. The van der Waals surface area contributed by atoms with Gasteiger partial charge in [0.05, 0.1) is 26.0 Å². The molecule has 218 valence electrons. The Kier molecular flexibility index (Phi) is 10.3. The zero-order valence-corrected chi connectivity index (χ0v) is 24.3. The average molecular weight is 558 g/mol. The molecular weight excluding hydrogens is 513 g/mol. The third kappa shape index (κ3) is 8.10. The van der Waals surface area contributed by atoms with Crippen molar-refractivity contribution in [1.82, 2.24) is 10.3 Å². The first-order valence-electron chi connectivity index (χ1n) is 15.1. The highest BCUT2D eigenvalue weighted by molar-refractivity contribution is 5.56. The first-order valence-corrected chi connectivity index (χ1v) is 15.1. The van der Waals surface area contributed by atoms with E-state index in [9.17, 15) is 4.39 Å². The van der Waals surface area contributed by atoms with Crippen molar-refractivity contribution >= 4 is 5.69 Å². The van der Waals surface area contributed by atoms with E-state index in [0.29, 0.717) is 30.9 Å². The van der Waals surface area contributed by atoms with E-state index in [0.717, 1.165) is 57.3 Å². The van der Waals surface area contributed by atoms with Crippen molar-refractivity contribution in [1.29, 1.82) is 0 Å². The van der Waals surface area contributed by atoms with Crippen LogP contribution in [0.5, 0.6) is 5.88 Å². The van der Waals surface area contributed by atoms with E-state index >= 15 is 0 Å². The summed E-state index contributed by atoms with van der Waals surface area (Å²) in [4.78, 5) is 6.94. The van der Waals surface area contributed by atoms with E-state index < -0.39 is 0 Å². The van der Waals surface area contributed by atoms with Crippen molar-refractivity contribution in [3.8, 4) is 5.88 Å². The molecule has 41 heavy (non-hydrogen) atoms. The Morgan fingerprint density at radius 3 is 2.59 bits per heavy atom. The van der Waals surface area contributed by atoms with Crippen LogP contribution in [0.2, 0.25) is 0 Å². The minimum atomic E-state index is -0.307. The Hall–Kier alpha value is -3.38. The summed E-state index contributed by atoms with van der Waals surface area (Å²) < 4.78 is 26.1. The molecule has 1 aliphatic carbocycles. The summed E-state index contributed by atoms with van der Waals surface area (Å²) in [6.07, 6.45) is 8.65. The molecule has 1 N–H and O–H groups in total. The third-order valence-electron chi connectivity index (χ3n) is 8.49. The van der Waals surface area contributed by atoms with Crippen LogP contribution in [0.4, 0.5) is 10.1 Å². The molecule has 0 bridgehead atoms. The number of aryl methyl sites for hydroxylation is 1. The Morgan fingerprint density at radius 2 is 1.85 bits per heavy atom. The van der Waals surface area contributed by atoms with Gasteiger partial charge in [-0.3, -0.25) is 4.39 Å². The summed E-state index contributed by atoms with van der Waals surface area (Å²) in [5, 5.41) is 3.13. The molecular formula is C35H44FN3O2. The number of halogens is 1. The SMILES string of the molecule is C=CNCCOC(Cc1ccc(C)cc1N1CCC(COc2cc(C(CF)C3CC3)ccn2)CC1)c1ccccc1. The van der Waals surface area contributed by atoms with Gasteiger partial charge in [-0.25, -0.2) is 4.98 Å². The highest BCUT2D eigenvalue weighted by Gasteiger charge is 2.32. The van der Waals surface area contributed by atoms with Crippen LogP contribution < -0.4 is 15.0 Å². The smallest absolute Gasteiger partial charge is 0.213 e. The van der Waals surface area contributed by atoms with Gasteiger partial charge in [0.25, 0.3) is 0 Å². The average Bonchev–Trinajstić information content (AvgIpc) is 3.85. The molecule has 2 aliphatic rings. The molecule has 0 amide bonds. The molecule has 0 radical (unpaired) electrons. The second kappa shape index (κ2) is 14.5. The van der Waals surface area contributed by atoms with Crippen LogP contribution in [-0.4, -0.2) is 44.5 Å². The fourth-order valence-electron chi connectivity index (χ4n) is 5.91. The summed E-state index contributed by atoms with van der Waals surface area (Å²) in [5.74, 6) is 1.57. The predicted molar refractivity (Wildman–Crippen MR) is 164 cm³/mol. The van der Waals surface area contributed by atoms with E-state index in [1.807, 2.05) is 18.2 Å².